The van der Waals surface area contributed by atoms with Gasteiger partial charge in [0, 0.05) is 0 Å². The molecule has 0 bridgehead atoms. The van der Waals surface area contributed by atoms with E-state index in [4.69, 9.17) is 5.73 Å². The molecule has 2 atom stereocenters. The lowest BCUT2D eigenvalue weighted by atomic mass is 9.93. The summed E-state index contributed by atoms with van der Waals surface area (Å²) in [6.07, 6.45) is 13.9. The van der Waals surface area contributed by atoms with E-state index in [1.807, 2.05) is 0 Å². The van der Waals surface area contributed by atoms with Gasteiger partial charge in [-0.15, -0.1) is 0 Å². The van der Waals surface area contributed by atoms with Gasteiger partial charge in [-0.3, -0.25) is 0 Å². The van der Waals surface area contributed by atoms with Crippen molar-refractivity contribution >= 4 is 0 Å². The van der Waals surface area contributed by atoms with Crippen LogP contribution in [0.25, 0.3) is 0 Å². The van der Waals surface area contributed by atoms with Crippen molar-refractivity contribution in [2.45, 2.75) is 85.0 Å². The van der Waals surface area contributed by atoms with Crippen LogP contribution in [0.5, 0.6) is 0 Å². The third kappa shape index (κ3) is 9.64. The van der Waals surface area contributed by atoms with Gasteiger partial charge in [0.15, 0.2) is 0 Å². The summed E-state index contributed by atoms with van der Waals surface area (Å²) >= 11 is 0. The minimum atomic E-state index is 0.776. The van der Waals surface area contributed by atoms with E-state index in [1.54, 1.807) is 0 Å². The molecule has 0 rings (SSSR count). The molecule has 0 aliphatic heterocycles. The molecule has 0 aliphatic carbocycles. The van der Waals surface area contributed by atoms with Crippen LogP contribution >= 0.6 is 0 Å². The highest BCUT2D eigenvalue weighted by Crippen LogP contribution is 2.20. The van der Waals surface area contributed by atoms with Crippen molar-refractivity contribution in [2.24, 2.45) is 17.6 Å². The highest BCUT2D eigenvalue weighted by molar-refractivity contribution is 4.60. The number of hydrogen-bond acceptors (Lipinski definition) is 1. The standard InChI is InChI=1S/C16H35N/c1-4-11-15(5-2)12-9-7-8-10-13-16(6-3)14-17/h15-16H,4-14,17H2,1-3H3. The Bertz CT molecular complexity index is 140. The van der Waals surface area contributed by atoms with Crippen molar-refractivity contribution in [3.63, 3.8) is 0 Å². The van der Waals surface area contributed by atoms with E-state index in [9.17, 15) is 0 Å². The summed E-state index contributed by atoms with van der Waals surface area (Å²) in [5.74, 6) is 1.77. The molecule has 0 amide bonds. The van der Waals surface area contributed by atoms with E-state index in [1.165, 1.54) is 64.2 Å². The first-order valence-electron chi connectivity index (χ1n) is 7.98. The second kappa shape index (κ2) is 12.4. The molecule has 1 nitrogen and oxygen atoms in total. The Morgan fingerprint density at radius 2 is 1.24 bits per heavy atom. The predicted molar refractivity (Wildman–Crippen MR) is 79.2 cm³/mol. The van der Waals surface area contributed by atoms with Crippen molar-refractivity contribution in [1.29, 1.82) is 0 Å². The highest BCUT2D eigenvalue weighted by atomic mass is 14.5. The molecule has 0 spiro atoms. The lowest BCUT2D eigenvalue weighted by molar-refractivity contribution is 0.400. The van der Waals surface area contributed by atoms with Crippen LogP contribution < -0.4 is 5.73 Å². The summed E-state index contributed by atoms with van der Waals surface area (Å²) in [5.41, 5.74) is 5.72. The summed E-state index contributed by atoms with van der Waals surface area (Å²) in [5, 5.41) is 0. The van der Waals surface area contributed by atoms with Crippen LogP contribution in [0.4, 0.5) is 0 Å². The van der Waals surface area contributed by atoms with E-state index >= 15 is 0 Å². The maximum absolute atomic E-state index is 5.72. The van der Waals surface area contributed by atoms with Crippen LogP contribution in [0.2, 0.25) is 0 Å². The van der Waals surface area contributed by atoms with E-state index in [-0.39, 0.29) is 0 Å². The first-order chi connectivity index (χ1) is 8.28. The Hall–Kier alpha value is -0.0400. The van der Waals surface area contributed by atoms with Gasteiger partial charge >= 0.3 is 0 Å². The maximum Gasteiger partial charge on any atom is -0.00490 e. The van der Waals surface area contributed by atoms with Gasteiger partial charge in [0.2, 0.25) is 0 Å². The van der Waals surface area contributed by atoms with Gasteiger partial charge in [0.05, 0.1) is 0 Å². The van der Waals surface area contributed by atoms with Crippen molar-refractivity contribution in [1.82, 2.24) is 0 Å². The first kappa shape index (κ1) is 17.0. The Morgan fingerprint density at radius 3 is 1.65 bits per heavy atom. The van der Waals surface area contributed by atoms with Crippen LogP contribution in [-0.4, -0.2) is 6.54 Å². The maximum atomic E-state index is 5.72. The third-order valence-electron chi connectivity index (χ3n) is 4.16. The molecule has 0 fully saturated rings. The lowest BCUT2D eigenvalue weighted by Gasteiger charge is -2.14. The number of hydrogen-bond donors (Lipinski definition) is 1. The molecule has 0 aliphatic rings. The quantitative estimate of drug-likeness (QED) is 0.470. The zero-order valence-corrected chi connectivity index (χ0v) is 12.5. The zero-order valence-electron chi connectivity index (χ0n) is 12.5. The van der Waals surface area contributed by atoms with Crippen LogP contribution in [-0.2, 0) is 0 Å². The monoisotopic (exact) mass is 241 g/mol. The summed E-state index contributed by atoms with van der Waals surface area (Å²) in [7, 11) is 0. The van der Waals surface area contributed by atoms with Crippen LogP contribution in [0, 0.1) is 11.8 Å². The largest absolute Gasteiger partial charge is 0.330 e. The number of nitrogens with two attached hydrogens (primary N) is 1. The van der Waals surface area contributed by atoms with Gasteiger partial charge in [-0.05, 0) is 24.8 Å². The molecule has 0 aromatic carbocycles. The van der Waals surface area contributed by atoms with Crippen LogP contribution in [0.3, 0.4) is 0 Å². The molecular formula is C16H35N. The Labute approximate surface area is 110 Å². The fourth-order valence-electron chi connectivity index (χ4n) is 2.67. The molecule has 0 aromatic rings. The fraction of sp³-hybridized carbons (Fsp3) is 1.00. The molecule has 2 N–H and O–H groups in total. The molecule has 0 saturated heterocycles. The van der Waals surface area contributed by atoms with Crippen molar-refractivity contribution in [3.05, 3.63) is 0 Å². The highest BCUT2D eigenvalue weighted by Gasteiger charge is 2.05. The molecule has 1 heteroatoms. The van der Waals surface area contributed by atoms with Crippen LogP contribution in [0.15, 0.2) is 0 Å². The van der Waals surface area contributed by atoms with Crippen molar-refractivity contribution < 1.29 is 0 Å². The average molecular weight is 241 g/mol. The molecule has 0 saturated carbocycles. The van der Waals surface area contributed by atoms with E-state index in [0.717, 1.165) is 18.4 Å². The minimum absolute atomic E-state index is 0.776. The van der Waals surface area contributed by atoms with Crippen LogP contribution in [0.1, 0.15) is 85.0 Å². The topological polar surface area (TPSA) is 26.0 Å². The molecular weight excluding hydrogens is 206 g/mol. The molecule has 2 unspecified atom stereocenters. The Balaban J connectivity index is 3.33. The predicted octanol–water partition coefficient (Wildman–Crippen LogP) is 5.14. The fourth-order valence-corrected chi connectivity index (χ4v) is 2.67. The summed E-state index contributed by atoms with van der Waals surface area (Å²) in [4.78, 5) is 0. The number of unbranched alkanes of at least 4 members (excludes halogenated alkanes) is 3. The van der Waals surface area contributed by atoms with Gasteiger partial charge in [0.25, 0.3) is 0 Å². The third-order valence-corrected chi connectivity index (χ3v) is 4.16. The number of rotatable bonds is 12. The van der Waals surface area contributed by atoms with Crippen molar-refractivity contribution in [2.75, 3.05) is 6.54 Å². The molecule has 0 aromatic heterocycles. The Kier molecular flexibility index (Phi) is 12.4. The van der Waals surface area contributed by atoms with Gasteiger partial charge in [-0.1, -0.05) is 78.6 Å². The van der Waals surface area contributed by atoms with Crippen molar-refractivity contribution in [3.8, 4) is 0 Å². The normalized spacial score (nSPS) is 14.8. The summed E-state index contributed by atoms with van der Waals surface area (Å²) < 4.78 is 0. The van der Waals surface area contributed by atoms with E-state index in [2.05, 4.69) is 20.8 Å². The van der Waals surface area contributed by atoms with E-state index < -0.39 is 0 Å². The molecule has 0 heterocycles. The van der Waals surface area contributed by atoms with Gasteiger partial charge in [-0.25, -0.2) is 0 Å². The first-order valence-corrected chi connectivity index (χ1v) is 7.98. The zero-order chi connectivity index (χ0) is 12.9. The molecule has 104 valence electrons. The second-order valence-corrected chi connectivity index (χ2v) is 5.56. The summed E-state index contributed by atoms with van der Waals surface area (Å²) in [6, 6.07) is 0. The van der Waals surface area contributed by atoms with Gasteiger partial charge < -0.3 is 5.73 Å². The van der Waals surface area contributed by atoms with Gasteiger partial charge in [-0.2, -0.15) is 0 Å². The molecule has 0 radical (unpaired) electrons. The Morgan fingerprint density at radius 1 is 0.706 bits per heavy atom. The smallest absolute Gasteiger partial charge is 0.00490 e. The second-order valence-electron chi connectivity index (χ2n) is 5.56. The lowest BCUT2D eigenvalue weighted by Crippen LogP contribution is -2.13. The van der Waals surface area contributed by atoms with Gasteiger partial charge in [0.1, 0.15) is 0 Å². The summed E-state index contributed by atoms with van der Waals surface area (Å²) in [6.45, 7) is 7.78. The average Bonchev–Trinajstić information content (AvgIpc) is 2.36. The minimum Gasteiger partial charge on any atom is -0.330 e. The van der Waals surface area contributed by atoms with E-state index in [0.29, 0.717) is 0 Å². The SMILES string of the molecule is CCCC(CC)CCCCCCC(CC)CN. The molecule has 17 heavy (non-hydrogen) atoms.